The van der Waals surface area contributed by atoms with Gasteiger partial charge in [0.05, 0.1) is 16.2 Å². The van der Waals surface area contributed by atoms with Crippen LogP contribution in [-0.4, -0.2) is 0 Å². The Morgan fingerprint density at radius 1 is 1.05 bits per heavy atom. The molecule has 1 aliphatic rings. The zero-order valence-electron chi connectivity index (χ0n) is 11.6. The zero-order valence-corrected chi connectivity index (χ0v) is 13.9. The number of hydrogen-bond acceptors (Lipinski definition) is 2. The maximum atomic E-state index is 9.45. The smallest absolute Gasteiger partial charge is 0.103 e. The van der Waals surface area contributed by atoms with Crippen LogP contribution in [0.2, 0.25) is 5.02 Å². The van der Waals surface area contributed by atoms with Gasteiger partial charge in [-0.1, -0.05) is 54.1 Å². The molecule has 1 aliphatic heterocycles. The van der Waals surface area contributed by atoms with Crippen LogP contribution in [0.3, 0.4) is 0 Å². The molecule has 2 aromatic carbocycles. The van der Waals surface area contributed by atoms with Crippen LogP contribution < -0.4 is 5.32 Å². The Kier molecular flexibility index (Phi) is 4.33. The van der Waals surface area contributed by atoms with Crippen molar-refractivity contribution in [3.05, 3.63) is 87.0 Å². The predicted molar refractivity (Wildman–Crippen MR) is 93.3 cm³/mol. The van der Waals surface area contributed by atoms with E-state index in [-0.39, 0.29) is 6.04 Å². The monoisotopic (exact) mass is 370 g/mol. The minimum absolute atomic E-state index is 0.0149. The number of hydrogen-bond donors (Lipinski definition) is 1. The van der Waals surface area contributed by atoms with Crippen molar-refractivity contribution in [1.29, 1.82) is 5.26 Å². The normalized spacial score (nSPS) is 17.5. The second-order valence-electron chi connectivity index (χ2n) is 4.92. The number of rotatable bonds is 2. The van der Waals surface area contributed by atoms with E-state index in [2.05, 4.69) is 33.4 Å². The molecule has 0 fully saturated rings. The Balaban J connectivity index is 2.06. The van der Waals surface area contributed by atoms with Gasteiger partial charge >= 0.3 is 0 Å². The van der Waals surface area contributed by atoms with E-state index in [0.29, 0.717) is 15.2 Å². The molecule has 4 heteroatoms. The van der Waals surface area contributed by atoms with Crippen molar-refractivity contribution in [2.45, 2.75) is 6.04 Å². The second-order valence-corrected chi connectivity index (χ2v) is 6.15. The van der Waals surface area contributed by atoms with Crippen LogP contribution in [-0.2, 0) is 0 Å². The summed E-state index contributed by atoms with van der Waals surface area (Å²) in [7, 11) is 0. The van der Waals surface area contributed by atoms with Crippen LogP contribution in [0.25, 0.3) is 5.57 Å². The van der Waals surface area contributed by atoms with Crippen molar-refractivity contribution in [1.82, 2.24) is 5.32 Å². The standard InChI is InChI=1S/C18H12BrClN2/c19-18-16(11-21)15(12-4-2-1-3-5-12)10-17(22-18)13-6-8-14(20)9-7-13/h1-10,17,22H/t17-/m1/s1. The van der Waals surface area contributed by atoms with E-state index in [4.69, 9.17) is 11.6 Å². The lowest BCUT2D eigenvalue weighted by Crippen LogP contribution is -2.22. The molecule has 3 rings (SSSR count). The molecule has 0 bridgehead atoms. The number of halogens is 2. The third-order valence-corrected chi connectivity index (χ3v) is 4.41. The van der Waals surface area contributed by atoms with E-state index in [9.17, 15) is 5.26 Å². The number of nitrogens with one attached hydrogen (secondary N) is 1. The maximum absolute atomic E-state index is 9.45. The fraction of sp³-hybridized carbons (Fsp3) is 0.0556. The largest absolute Gasteiger partial charge is 0.368 e. The van der Waals surface area contributed by atoms with Gasteiger partial charge in [0.15, 0.2) is 0 Å². The third kappa shape index (κ3) is 2.94. The Morgan fingerprint density at radius 2 is 1.73 bits per heavy atom. The number of dihydropyridines is 1. The van der Waals surface area contributed by atoms with Gasteiger partial charge in [0.2, 0.25) is 0 Å². The van der Waals surface area contributed by atoms with Gasteiger partial charge in [0, 0.05) is 10.6 Å². The highest BCUT2D eigenvalue weighted by molar-refractivity contribution is 9.11. The molecule has 2 nitrogen and oxygen atoms in total. The molecule has 0 saturated heterocycles. The minimum Gasteiger partial charge on any atom is -0.368 e. The average Bonchev–Trinajstić information content (AvgIpc) is 2.55. The molecule has 0 unspecified atom stereocenters. The zero-order chi connectivity index (χ0) is 15.5. The van der Waals surface area contributed by atoms with E-state index < -0.39 is 0 Å². The fourth-order valence-electron chi connectivity index (χ4n) is 2.44. The minimum atomic E-state index is -0.0149. The number of benzene rings is 2. The fourth-order valence-corrected chi connectivity index (χ4v) is 3.11. The molecule has 0 saturated carbocycles. The molecule has 108 valence electrons. The van der Waals surface area contributed by atoms with Crippen LogP contribution in [0.4, 0.5) is 0 Å². The number of nitriles is 1. The lowest BCUT2D eigenvalue weighted by Gasteiger charge is -2.24. The van der Waals surface area contributed by atoms with Crippen LogP contribution in [0, 0.1) is 11.3 Å². The highest BCUT2D eigenvalue weighted by Crippen LogP contribution is 2.35. The van der Waals surface area contributed by atoms with Gasteiger partial charge in [0.25, 0.3) is 0 Å². The summed E-state index contributed by atoms with van der Waals surface area (Å²) in [5.74, 6) is 0. The van der Waals surface area contributed by atoms with E-state index in [1.807, 2.05) is 54.6 Å². The van der Waals surface area contributed by atoms with Gasteiger partial charge in [-0.25, -0.2) is 0 Å². The Bertz CT molecular complexity index is 786. The second kappa shape index (κ2) is 6.39. The first-order chi connectivity index (χ1) is 10.7. The first kappa shape index (κ1) is 14.9. The summed E-state index contributed by atoms with van der Waals surface area (Å²) in [6.45, 7) is 0. The summed E-state index contributed by atoms with van der Waals surface area (Å²) < 4.78 is 0.705. The molecule has 0 aromatic heterocycles. The predicted octanol–water partition coefficient (Wildman–Crippen LogP) is 5.20. The van der Waals surface area contributed by atoms with E-state index in [0.717, 1.165) is 16.7 Å². The summed E-state index contributed by atoms with van der Waals surface area (Å²) in [6, 6.07) is 19.9. The lowest BCUT2D eigenvalue weighted by molar-refractivity contribution is 0.738. The van der Waals surface area contributed by atoms with Gasteiger partial charge in [0.1, 0.15) is 6.07 Å². The molecular weight excluding hydrogens is 360 g/mol. The maximum Gasteiger partial charge on any atom is 0.103 e. The Morgan fingerprint density at radius 3 is 2.36 bits per heavy atom. The van der Waals surface area contributed by atoms with Crippen molar-refractivity contribution >= 4 is 33.1 Å². The summed E-state index contributed by atoms with van der Waals surface area (Å²) in [4.78, 5) is 0. The third-order valence-electron chi connectivity index (χ3n) is 3.53. The van der Waals surface area contributed by atoms with Crippen LogP contribution >= 0.6 is 27.5 Å². The molecular formula is C18H12BrClN2. The van der Waals surface area contributed by atoms with Gasteiger partial charge in [-0.3, -0.25) is 0 Å². The molecule has 0 radical (unpaired) electrons. The number of allylic oxidation sites excluding steroid dienone is 2. The van der Waals surface area contributed by atoms with Crippen molar-refractivity contribution in [2.24, 2.45) is 0 Å². The molecule has 0 spiro atoms. The average molecular weight is 372 g/mol. The van der Waals surface area contributed by atoms with Crippen LogP contribution in [0.15, 0.2) is 70.9 Å². The Labute approximate surface area is 142 Å². The van der Waals surface area contributed by atoms with Crippen molar-refractivity contribution in [3.63, 3.8) is 0 Å². The highest BCUT2D eigenvalue weighted by Gasteiger charge is 2.22. The molecule has 0 amide bonds. The van der Waals surface area contributed by atoms with Gasteiger partial charge < -0.3 is 5.32 Å². The van der Waals surface area contributed by atoms with Gasteiger partial charge in [-0.05, 0) is 45.3 Å². The lowest BCUT2D eigenvalue weighted by atomic mass is 9.92. The summed E-state index contributed by atoms with van der Waals surface area (Å²) >= 11 is 9.44. The first-order valence-corrected chi connectivity index (χ1v) is 7.95. The van der Waals surface area contributed by atoms with E-state index >= 15 is 0 Å². The molecule has 1 atom stereocenters. The van der Waals surface area contributed by atoms with E-state index in [1.165, 1.54) is 0 Å². The van der Waals surface area contributed by atoms with E-state index in [1.54, 1.807) is 0 Å². The Hall–Kier alpha value is -2.02. The molecule has 22 heavy (non-hydrogen) atoms. The quantitative estimate of drug-likeness (QED) is 0.737. The molecule has 0 aliphatic carbocycles. The summed E-state index contributed by atoms with van der Waals surface area (Å²) in [5, 5.41) is 13.5. The summed E-state index contributed by atoms with van der Waals surface area (Å²) in [6.07, 6.45) is 2.07. The van der Waals surface area contributed by atoms with Gasteiger partial charge in [-0.2, -0.15) is 5.26 Å². The molecule has 1 N–H and O–H groups in total. The molecule has 2 aromatic rings. The van der Waals surface area contributed by atoms with Crippen molar-refractivity contribution in [2.75, 3.05) is 0 Å². The highest BCUT2D eigenvalue weighted by atomic mass is 79.9. The summed E-state index contributed by atoms with van der Waals surface area (Å²) in [5.41, 5.74) is 3.65. The molecule has 1 heterocycles. The van der Waals surface area contributed by atoms with Crippen LogP contribution in [0.1, 0.15) is 17.2 Å². The first-order valence-electron chi connectivity index (χ1n) is 6.78. The topological polar surface area (TPSA) is 35.8 Å². The van der Waals surface area contributed by atoms with Gasteiger partial charge in [-0.15, -0.1) is 0 Å². The van der Waals surface area contributed by atoms with Crippen molar-refractivity contribution in [3.8, 4) is 6.07 Å². The number of nitrogens with zero attached hydrogens (tertiary/aromatic N) is 1. The van der Waals surface area contributed by atoms with Crippen molar-refractivity contribution < 1.29 is 0 Å². The van der Waals surface area contributed by atoms with Crippen LogP contribution in [0.5, 0.6) is 0 Å². The SMILES string of the molecule is N#CC1=C(Br)N[C@@H](c2ccc(Cl)cc2)C=C1c1ccccc1.